The normalized spacial score (nSPS) is 11.5. The number of ether oxygens (including phenoxy) is 4. The summed E-state index contributed by atoms with van der Waals surface area (Å²) >= 11 is 0. The SMILES string of the molecule is CCCCCC(CCCCC)COC(=O)CCCCN(CCCC)C(=O)OCCN(CCCN(CC)CC)CCOC(=O)N(CCCC)CCCCC(=O)OCC(CCCCC)CCCCC. The zero-order valence-corrected chi connectivity index (χ0v) is 45.2. The van der Waals surface area contributed by atoms with Gasteiger partial charge in [-0.25, -0.2) is 9.59 Å². The van der Waals surface area contributed by atoms with Gasteiger partial charge in [-0.1, -0.05) is 145 Å². The Morgan fingerprint density at radius 3 is 1.03 bits per heavy atom. The standard InChI is InChI=1S/C55H108N4O8/c1-9-17-23-32-50(33-24-18-10-2)48-66-52(60)36-27-29-42-58(40-21-13-5)54(62)64-46-44-57(39-31-38-56(15-7)16-8)45-47-65-55(63)59(41-22-14-6)43-30-28-37-53(61)67-49-51(34-25-19-11-3)35-26-20-12-4/h50-51H,9-49H2,1-8H3. The third-order valence-electron chi connectivity index (χ3n) is 13.1. The first kappa shape index (κ1) is 64.4. The summed E-state index contributed by atoms with van der Waals surface area (Å²) in [7, 11) is 0. The molecule has 0 radical (unpaired) electrons. The Balaban J connectivity index is 5.13. The van der Waals surface area contributed by atoms with Crippen LogP contribution < -0.4 is 0 Å². The van der Waals surface area contributed by atoms with Gasteiger partial charge < -0.3 is 33.6 Å². The van der Waals surface area contributed by atoms with Crippen molar-refractivity contribution in [1.29, 1.82) is 0 Å². The van der Waals surface area contributed by atoms with Crippen LogP contribution in [-0.4, -0.2) is 136 Å². The molecule has 0 heterocycles. The molecule has 12 heteroatoms. The van der Waals surface area contributed by atoms with E-state index < -0.39 is 0 Å². The maximum Gasteiger partial charge on any atom is 0.409 e. The molecule has 0 saturated carbocycles. The Morgan fingerprint density at radius 2 is 0.687 bits per heavy atom. The molecule has 0 aliphatic carbocycles. The van der Waals surface area contributed by atoms with E-state index in [0.717, 1.165) is 84.0 Å². The van der Waals surface area contributed by atoms with E-state index in [2.05, 4.69) is 65.2 Å². The summed E-state index contributed by atoms with van der Waals surface area (Å²) in [6.45, 7) is 26.2. The van der Waals surface area contributed by atoms with Crippen LogP contribution in [-0.2, 0) is 28.5 Å². The number of esters is 2. The van der Waals surface area contributed by atoms with Crippen LogP contribution in [0.3, 0.4) is 0 Å². The van der Waals surface area contributed by atoms with Gasteiger partial charge in [0.1, 0.15) is 13.2 Å². The van der Waals surface area contributed by atoms with E-state index in [-0.39, 0.29) is 37.3 Å². The lowest BCUT2D eigenvalue weighted by Gasteiger charge is -2.27. The molecule has 2 amide bonds. The Kier molecular flexibility index (Phi) is 45.3. The summed E-state index contributed by atoms with van der Waals surface area (Å²) < 4.78 is 23.2. The summed E-state index contributed by atoms with van der Waals surface area (Å²) in [5.41, 5.74) is 0. The van der Waals surface area contributed by atoms with Crippen LogP contribution in [0, 0.1) is 11.8 Å². The van der Waals surface area contributed by atoms with E-state index in [1.165, 1.54) is 77.0 Å². The van der Waals surface area contributed by atoms with Crippen LogP contribution in [0.2, 0.25) is 0 Å². The van der Waals surface area contributed by atoms with E-state index in [0.29, 0.717) is 103 Å². The predicted molar refractivity (Wildman–Crippen MR) is 278 cm³/mol. The van der Waals surface area contributed by atoms with E-state index in [1.54, 1.807) is 9.80 Å². The van der Waals surface area contributed by atoms with E-state index in [4.69, 9.17) is 18.9 Å². The third-order valence-corrected chi connectivity index (χ3v) is 13.1. The first-order valence-electron chi connectivity index (χ1n) is 28.2. The fraction of sp³-hybridized carbons (Fsp3) is 0.927. The van der Waals surface area contributed by atoms with Gasteiger partial charge in [0.05, 0.1) is 13.2 Å². The average Bonchev–Trinajstić information content (AvgIpc) is 3.32. The molecular weight excluding hydrogens is 845 g/mol. The Bertz CT molecular complexity index is 1060. The van der Waals surface area contributed by atoms with Crippen LogP contribution in [0.25, 0.3) is 0 Å². The summed E-state index contributed by atoms with van der Waals surface area (Å²) in [6.07, 6.45) is 26.5. The molecule has 0 spiro atoms. The first-order chi connectivity index (χ1) is 32.6. The molecule has 0 aliphatic rings. The van der Waals surface area contributed by atoms with Crippen molar-refractivity contribution in [2.75, 3.05) is 91.9 Å². The van der Waals surface area contributed by atoms with Crippen molar-refractivity contribution in [3.05, 3.63) is 0 Å². The van der Waals surface area contributed by atoms with Crippen LogP contribution in [0.15, 0.2) is 0 Å². The van der Waals surface area contributed by atoms with Crippen molar-refractivity contribution in [3.63, 3.8) is 0 Å². The van der Waals surface area contributed by atoms with Gasteiger partial charge in [-0.3, -0.25) is 14.5 Å². The molecule has 12 nitrogen and oxygen atoms in total. The zero-order valence-electron chi connectivity index (χ0n) is 45.2. The highest BCUT2D eigenvalue weighted by molar-refractivity contribution is 5.70. The molecule has 396 valence electrons. The molecule has 0 aromatic rings. The number of unbranched alkanes of at least 4 members (excludes halogenated alkanes) is 12. The van der Waals surface area contributed by atoms with Gasteiger partial charge in [0.15, 0.2) is 0 Å². The average molecular weight is 953 g/mol. The highest BCUT2D eigenvalue weighted by Crippen LogP contribution is 2.20. The second-order valence-electron chi connectivity index (χ2n) is 19.1. The second kappa shape index (κ2) is 47.1. The maximum absolute atomic E-state index is 13.4. The lowest BCUT2D eigenvalue weighted by Crippen LogP contribution is -2.39. The van der Waals surface area contributed by atoms with Gasteiger partial charge in [-0.15, -0.1) is 0 Å². The lowest BCUT2D eigenvalue weighted by atomic mass is 9.96. The van der Waals surface area contributed by atoms with Crippen molar-refractivity contribution in [3.8, 4) is 0 Å². The molecule has 67 heavy (non-hydrogen) atoms. The van der Waals surface area contributed by atoms with Crippen molar-refractivity contribution < 1.29 is 38.1 Å². The fourth-order valence-electron chi connectivity index (χ4n) is 8.45. The molecule has 0 aromatic heterocycles. The molecule has 0 atom stereocenters. The minimum absolute atomic E-state index is 0.136. The Hall–Kier alpha value is -2.60. The van der Waals surface area contributed by atoms with Gasteiger partial charge in [0, 0.05) is 52.1 Å². The van der Waals surface area contributed by atoms with Crippen molar-refractivity contribution >= 4 is 24.1 Å². The summed E-state index contributed by atoms with van der Waals surface area (Å²) in [6, 6.07) is 0. The zero-order chi connectivity index (χ0) is 49.6. The number of hydrogen-bond donors (Lipinski definition) is 0. The number of amides is 2. The molecule has 0 fully saturated rings. The van der Waals surface area contributed by atoms with Crippen LogP contribution >= 0.6 is 0 Å². The van der Waals surface area contributed by atoms with Gasteiger partial charge in [-0.05, 0) is 109 Å². The number of hydrogen-bond acceptors (Lipinski definition) is 10. The molecule has 0 aromatic carbocycles. The maximum atomic E-state index is 13.4. The van der Waals surface area contributed by atoms with Gasteiger partial charge in [0.2, 0.25) is 0 Å². The minimum atomic E-state index is -0.318. The van der Waals surface area contributed by atoms with E-state index in [9.17, 15) is 19.2 Å². The second-order valence-corrected chi connectivity index (χ2v) is 19.1. The topological polar surface area (TPSA) is 118 Å². The van der Waals surface area contributed by atoms with Crippen molar-refractivity contribution in [2.24, 2.45) is 11.8 Å². The predicted octanol–water partition coefficient (Wildman–Crippen LogP) is 13.5. The summed E-state index contributed by atoms with van der Waals surface area (Å²) in [5.74, 6) is 0.625. The van der Waals surface area contributed by atoms with Crippen molar-refractivity contribution in [1.82, 2.24) is 19.6 Å². The van der Waals surface area contributed by atoms with Crippen molar-refractivity contribution in [2.45, 2.75) is 229 Å². The Labute approximate surface area is 413 Å². The first-order valence-corrected chi connectivity index (χ1v) is 28.2. The van der Waals surface area contributed by atoms with Crippen LogP contribution in [0.5, 0.6) is 0 Å². The quantitative estimate of drug-likeness (QED) is 0.0331. The number of rotatable bonds is 48. The highest BCUT2D eigenvalue weighted by atomic mass is 16.6. The summed E-state index contributed by atoms with van der Waals surface area (Å²) in [4.78, 5) is 60.3. The largest absolute Gasteiger partial charge is 0.465 e. The fourth-order valence-corrected chi connectivity index (χ4v) is 8.45. The van der Waals surface area contributed by atoms with Crippen LogP contribution in [0.1, 0.15) is 229 Å². The van der Waals surface area contributed by atoms with Gasteiger partial charge in [0.25, 0.3) is 0 Å². The third kappa shape index (κ3) is 37.9. The molecular formula is C55H108N4O8. The minimum Gasteiger partial charge on any atom is -0.465 e. The monoisotopic (exact) mass is 953 g/mol. The molecule has 0 saturated heterocycles. The number of carbonyl (C=O) groups excluding carboxylic acids is 4. The van der Waals surface area contributed by atoms with E-state index >= 15 is 0 Å². The molecule has 0 N–H and O–H groups in total. The Morgan fingerprint density at radius 1 is 0.343 bits per heavy atom. The van der Waals surface area contributed by atoms with Gasteiger partial charge >= 0.3 is 24.1 Å². The highest BCUT2D eigenvalue weighted by Gasteiger charge is 2.19. The molecule has 0 aliphatic heterocycles. The van der Waals surface area contributed by atoms with Gasteiger partial charge in [-0.2, -0.15) is 0 Å². The molecule has 0 bridgehead atoms. The smallest absolute Gasteiger partial charge is 0.409 e. The van der Waals surface area contributed by atoms with Crippen LogP contribution in [0.4, 0.5) is 9.59 Å². The number of carbonyl (C=O) groups is 4. The number of nitrogens with zero attached hydrogens (tertiary/aromatic N) is 4. The molecule has 0 rings (SSSR count). The lowest BCUT2D eigenvalue weighted by molar-refractivity contribution is -0.146. The van der Waals surface area contributed by atoms with E-state index in [1.807, 2.05) is 0 Å². The molecule has 0 unspecified atom stereocenters. The summed E-state index contributed by atoms with van der Waals surface area (Å²) in [5, 5.41) is 0.